The summed E-state index contributed by atoms with van der Waals surface area (Å²) in [5, 5.41) is 2.99. The first-order valence-corrected chi connectivity index (χ1v) is 9.03. The molecule has 4 heteroatoms. The van der Waals surface area contributed by atoms with Crippen LogP contribution >= 0.6 is 0 Å². The Balaban J connectivity index is 1.54. The molecule has 0 radical (unpaired) electrons. The summed E-state index contributed by atoms with van der Waals surface area (Å²) in [4.78, 5) is 12.3. The molecule has 2 atom stereocenters. The third kappa shape index (κ3) is 5.07. The molecule has 3 N–H and O–H groups in total. The average Bonchev–Trinajstić information content (AvgIpc) is 3.02. The van der Waals surface area contributed by atoms with E-state index < -0.39 is 0 Å². The minimum Gasteiger partial charge on any atom is -0.491 e. The molecule has 2 aromatic carbocycles. The van der Waals surface area contributed by atoms with Crippen molar-refractivity contribution < 1.29 is 9.53 Å². The molecule has 0 unspecified atom stereocenters. The van der Waals surface area contributed by atoms with Gasteiger partial charge in [-0.25, -0.2) is 0 Å². The number of nitrogens with two attached hydrogens (primary N) is 1. The standard InChI is InChI=1S/C21H26N2O2/c22-18-10-6-9-17(18)15-21(24)23-19-11-4-5-12-20(19)25-14-13-16-7-2-1-3-8-16/h1-5,7-8,11-12,17-18H,6,9-10,13-15,22H2,(H,23,24)/t17-,18+/m0/s1. The van der Waals surface area contributed by atoms with Crippen molar-refractivity contribution in [3.8, 4) is 5.75 Å². The molecule has 0 spiro atoms. The Labute approximate surface area is 149 Å². The van der Waals surface area contributed by atoms with Crippen LogP contribution in [0.15, 0.2) is 54.6 Å². The van der Waals surface area contributed by atoms with Crippen LogP contribution in [0.4, 0.5) is 5.69 Å². The number of benzene rings is 2. The zero-order valence-corrected chi connectivity index (χ0v) is 14.5. The SMILES string of the molecule is N[C@@H]1CCC[C@H]1CC(=O)Nc1ccccc1OCCc1ccccc1. The Kier molecular flexibility index (Phi) is 6.07. The Morgan fingerprint density at radius 2 is 1.84 bits per heavy atom. The van der Waals surface area contributed by atoms with Gasteiger partial charge in [0.15, 0.2) is 0 Å². The summed E-state index contributed by atoms with van der Waals surface area (Å²) in [7, 11) is 0. The summed E-state index contributed by atoms with van der Waals surface area (Å²) in [6.07, 6.45) is 4.51. The normalized spacial score (nSPS) is 19.6. The maximum atomic E-state index is 12.3. The number of para-hydroxylation sites is 2. The molecule has 1 amide bonds. The summed E-state index contributed by atoms with van der Waals surface area (Å²) < 4.78 is 5.89. The highest BCUT2D eigenvalue weighted by Gasteiger charge is 2.26. The molecule has 1 aliphatic rings. The van der Waals surface area contributed by atoms with Crippen LogP contribution < -0.4 is 15.8 Å². The lowest BCUT2D eigenvalue weighted by Gasteiger charge is -2.16. The van der Waals surface area contributed by atoms with E-state index in [0.29, 0.717) is 24.7 Å². The zero-order valence-electron chi connectivity index (χ0n) is 14.5. The van der Waals surface area contributed by atoms with Crippen LogP contribution in [-0.2, 0) is 11.2 Å². The highest BCUT2D eigenvalue weighted by Crippen LogP contribution is 2.28. The summed E-state index contributed by atoms with van der Waals surface area (Å²) in [5.41, 5.74) is 8.03. The van der Waals surface area contributed by atoms with Crippen molar-refractivity contribution in [2.75, 3.05) is 11.9 Å². The third-order valence-electron chi connectivity index (χ3n) is 4.82. The monoisotopic (exact) mass is 338 g/mol. The highest BCUT2D eigenvalue weighted by molar-refractivity contribution is 5.92. The predicted molar refractivity (Wildman–Crippen MR) is 101 cm³/mol. The van der Waals surface area contributed by atoms with Crippen molar-refractivity contribution >= 4 is 11.6 Å². The molecule has 1 fully saturated rings. The molecule has 1 saturated carbocycles. The van der Waals surface area contributed by atoms with E-state index in [2.05, 4.69) is 17.4 Å². The fraction of sp³-hybridized carbons (Fsp3) is 0.381. The lowest BCUT2D eigenvalue weighted by atomic mass is 10.00. The fourth-order valence-electron chi connectivity index (χ4n) is 3.38. The van der Waals surface area contributed by atoms with Crippen LogP contribution in [0, 0.1) is 5.92 Å². The molecular weight excluding hydrogens is 312 g/mol. The lowest BCUT2D eigenvalue weighted by molar-refractivity contribution is -0.117. The smallest absolute Gasteiger partial charge is 0.224 e. The van der Waals surface area contributed by atoms with Crippen molar-refractivity contribution in [1.29, 1.82) is 0 Å². The van der Waals surface area contributed by atoms with Gasteiger partial charge in [0.25, 0.3) is 0 Å². The van der Waals surface area contributed by atoms with Crippen molar-refractivity contribution in [3.63, 3.8) is 0 Å². The molecule has 2 aromatic rings. The van der Waals surface area contributed by atoms with Gasteiger partial charge >= 0.3 is 0 Å². The molecule has 0 heterocycles. The maximum Gasteiger partial charge on any atom is 0.224 e. The molecule has 0 saturated heterocycles. The van der Waals surface area contributed by atoms with Crippen LogP contribution in [0.25, 0.3) is 0 Å². The fourth-order valence-corrected chi connectivity index (χ4v) is 3.38. The first-order valence-electron chi connectivity index (χ1n) is 9.03. The average molecular weight is 338 g/mol. The minimum atomic E-state index is 0.0152. The van der Waals surface area contributed by atoms with Gasteiger partial charge in [0, 0.05) is 18.9 Å². The van der Waals surface area contributed by atoms with Crippen molar-refractivity contribution in [3.05, 3.63) is 60.2 Å². The van der Waals surface area contributed by atoms with Gasteiger partial charge in [-0.2, -0.15) is 0 Å². The van der Waals surface area contributed by atoms with Gasteiger partial charge < -0.3 is 15.8 Å². The molecule has 1 aliphatic carbocycles. The van der Waals surface area contributed by atoms with Crippen molar-refractivity contribution in [2.45, 2.75) is 38.1 Å². The second kappa shape index (κ2) is 8.67. The zero-order chi connectivity index (χ0) is 17.5. The van der Waals surface area contributed by atoms with Crippen LogP contribution in [-0.4, -0.2) is 18.6 Å². The second-order valence-electron chi connectivity index (χ2n) is 6.69. The Hall–Kier alpha value is -2.33. The largest absolute Gasteiger partial charge is 0.491 e. The van der Waals surface area contributed by atoms with Crippen LogP contribution in [0.2, 0.25) is 0 Å². The molecule has 0 aromatic heterocycles. The van der Waals surface area contributed by atoms with Gasteiger partial charge in [0.1, 0.15) is 5.75 Å². The second-order valence-corrected chi connectivity index (χ2v) is 6.69. The number of carbonyl (C=O) groups is 1. The van der Waals surface area contributed by atoms with E-state index >= 15 is 0 Å². The number of anilines is 1. The quantitative estimate of drug-likeness (QED) is 0.808. The Bertz CT molecular complexity index is 687. The number of ether oxygens (including phenoxy) is 1. The number of nitrogens with one attached hydrogen (secondary N) is 1. The summed E-state index contributed by atoms with van der Waals surface area (Å²) in [6.45, 7) is 0.574. The van der Waals surface area contributed by atoms with Gasteiger partial charge in [0.05, 0.1) is 12.3 Å². The molecular formula is C21H26N2O2. The summed E-state index contributed by atoms with van der Waals surface area (Å²) in [5.74, 6) is 1.02. The van der Waals surface area contributed by atoms with E-state index in [0.717, 1.165) is 31.4 Å². The minimum absolute atomic E-state index is 0.0152. The summed E-state index contributed by atoms with van der Waals surface area (Å²) in [6, 6.07) is 18.0. The molecule has 3 rings (SSSR count). The molecule has 0 aliphatic heterocycles. The van der Waals surface area contributed by atoms with E-state index in [-0.39, 0.29) is 11.9 Å². The highest BCUT2D eigenvalue weighted by atomic mass is 16.5. The Morgan fingerprint density at radius 3 is 2.60 bits per heavy atom. The van der Waals surface area contributed by atoms with Crippen LogP contribution in [0.1, 0.15) is 31.2 Å². The van der Waals surface area contributed by atoms with Crippen molar-refractivity contribution in [1.82, 2.24) is 0 Å². The number of hydrogen-bond acceptors (Lipinski definition) is 3. The van der Waals surface area contributed by atoms with E-state index in [1.807, 2.05) is 42.5 Å². The lowest BCUT2D eigenvalue weighted by Crippen LogP contribution is -2.28. The van der Waals surface area contributed by atoms with Crippen molar-refractivity contribution in [2.24, 2.45) is 11.7 Å². The first-order chi connectivity index (χ1) is 12.2. The Morgan fingerprint density at radius 1 is 1.08 bits per heavy atom. The third-order valence-corrected chi connectivity index (χ3v) is 4.82. The number of rotatable bonds is 7. The maximum absolute atomic E-state index is 12.3. The van der Waals surface area contributed by atoms with Gasteiger partial charge in [-0.1, -0.05) is 48.9 Å². The van der Waals surface area contributed by atoms with Crippen LogP contribution in [0.5, 0.6) is 5.75 Å². The van der Waals surface area contributed by atoms with Gasteiger partial charge in [0.2, 0.25) is 5.91 Å². The van der Waals surface area contributed by atoms with E-state index in [1.54, 1.807) is 0 Å². The number of carbonyl (C=O) groups excluding carboxylic acids is 1. The molecule has 132 valence electrons. The number of hydrogen-bond donors (Lipinski definition) is 2. The first kappa shape index (κ1) is 17.5. The van der Waals surface area contributed by atoms with E-state index in [9.17, 15) is 4.79 Å². The van der Waals surface area contributed by atoms with Gasteiger partial charge in [-0.3, -0.25) is 4.79 Å². The van der Waals surface area contributed by atoms with E-state index in [4.69, 9.17) is 10.5 Å². The van der Waals surface area contributed by atoms with Gasteiger partial charge in [-0.15, -0.1) is 0 Å². The summed E-state index contributed by atoms with van der Waals surface area (Å²) >= 11 is 0. The molecule has 0 bridgehead atoms. The van der Waals surface area contributed by atoms with Crippen LogP contribution in [0.3, 0.4) is 0 Å². The number of amides is 1. The molecule has 25 heavy (non-hydrogen) atoms. The predicted octanol–water partition coefficient (Wildman–Crippen LogP) is 3.76. The van der Waals surface area contributed by atoms with E-state index in [1.165, 1.54) is 5.56 Å². The molecule has 4 nitrogen and oxygen atoms in total. The topological polar surface area (TPSA) is 64.4 Å². The van der Waals surface area contributed by atoms with Gasteiger partial charge in [-0.05, 0) is 36.5 Å².